The van der Waals surface area contributed by atoms with Crippen molar-refractivity contribution in [1.82, 2.24) is 14.5 Å². The van der Waals surface area contributed by atoms with E-state index in [1.165, 1.54) is 57.8 Å². The van der Waals surface area contributed by atoms with Gasteiger partial charge in [0.15, 0.2) is 0 Å². The van der Waals surface area contributed by atoms with E-state index in [1.807, 2.05) is 51.1 Å². The molecule has 1 saturated heterocycles. The highest BCUT2D eigenvalue weighted by atomic mass is 32.2. The van der Waals surface area contributed by atoms with Gasteiger partial charge in [0, 0.05) is 49.7 Å². The highest BCUT2D eigenvalue weighted by Gasteiger charge is 2.72. The van der Waals surface area contributed by atoms with Gasteiger partial charge in [-0.2, -0.15) is 4.31 Å². The molecule has 11 heteroatoms. The van der Waals surface area contributed by atoms with Gasteiger partial charge in [0.1, 0.15) is 12.7 Å². The number of aliphatic hydroxyl groups is 1. The van der Waals surface area contributed by atoms with E-state index in [4.69, 9.17) is 9.47 Å². The molecular formula is C56H89N3O7S. The zero-order valence-corrected chi connectivity index (χ0v) is 44.2. The monoisotopic (exact) mass is 948 g/mol. The first-order chi connectivity index (χ1) is 31.4. The Morgan fingerprint density at radius 3 is 2.03 bits per heavy atom. The molecule has 1 aliphatic heterocycles. The van der Waals surface area contributed by atoms with Gasteiger partial charge in [0.25, 0.3) is 0 Å². The second kappa shape index (κ2) is 17.3. The molecule has 0 radical (unpaired) electrons. The van der Waals surface area contributed by atoms with Gasteiger partial charge in [-0.3, -0.25) is 14.5 Å². The maximum absolute atomic E-state index is 14.1. The van der Waals surface area contributed by atoms with Crippen LogP contribution in [0.25, 0.3) is 0 Å². The molecule has 0 spiro atoms. The van der Waals surface area contributed by atoms with Gasteiger partial charge in [-0.25, -0.2) is 8.42 Å². The molecule has 0 aromatic heterocycles. The van der Waals surface area contributed by atoms with Crippen LogP contribution in [0.3, 0.4) is 0 Å². The Morgan fingerprint density at radius 2 is 1.40 bits per heavy atom. The topological polar surface area (TPSA) is 125 Å². The number of carbonyl (C=O) groups excluding carboxylic acids is 2. The van der Waals surface area contributed by atoms with Gasteiger partial charge in [-0.05, 0) is 166 Å². The summed E-state index contributed by atoms with van der Waals surface area (Å²) < 4.78 is 40.1. The number of sulfonamides is 1. The second-order valence-corrected chi connectivity index (χ2v) is 28.9. The molecule has 2 N–H and O–H groups in total. The zero-order valence-electron chi connectivity index (χ0n) is 43.4. The van der Waals surface area contributed by atoms with Crippen molar-refractivity contribution in [1.29, 1.82) is 0 Å². The number of hydrogen-bond acceptors (Lipinski definition) is 9. The number of benzene rings is 1. The van der Waals surface area contributed by atoms with Crippen molar-refractivity contribution in [2.75, 3.05) is 32.7 Å². The Morgan fingerprint density at radius 1 is 0.731 bits per heavy atom. The van der Waals surface area contributed by atoms with Crippen LogP contribution < -0.4 is 5.32 Å². The van der Waals surface area contributed by atoms with Crippen LogP contribution in [0.1, 0.15) is 165 Å². The van der Waals surface area contributed by atoms with E-state index in [1.54, 1.807) is 18.2 Å². The zero-order chi connectivity index (χ0) is 48.3. The largest absolute Gasteiger partial charge is 0.462 e. The smallest absolute Gasteiger partial charge is 0.309 e. The fourth-order valence-electron chi connectivity index (χ4n) is 17.7. The Labute approximate surface area is 405 Å². The quantitative estimate of drug-likeness (QED) is 0.186. The summed E-state index contributed by atoms with van der Waals surface area (Å²) in [4.78, 5) is 29.7. The number of aliphatic hydroxyl groups excluding tert-OH is 1. The van der Waals surface area contributed by atoms with Crippen molar-refractivity contribution in [3.05, 3.63) is 35.9 Å². The molecule has 67 heavy (non-hydrogen) atoms. The van der Waals surface area contributed by atoms with E-state index in [-0.39, 0.29) is 69.7 Å². The minimum atomic E-state index is -3.30. The lowest BCUT2D eigenvalue weighted by Gasteiger charge is -2.73. The molecule has 7 aliphatic carbocycles. The van der Waals surface area contributed by atoms with E-state index < -0.39 is 26.8 Å². The van der Waals surface area contributed by atoms with Crippen LogP contribution >= 0.6 is 0 Å². The van der Waals surface area contributed by atoms with Crippen LogP contribution in [0, 0.1) is 73.9 Å². The summed E-state index contributed by atoms with van der Waals surface area (Å²) in [5.74, 6) is 2.04. The van der Waals surface area contributed by atoms with Crippen LogP contribution in [0.15, 0.2) is 30.3 Å². The summed E-state index contributed by atoms with van der Waals surface area (Å²) >= 11 is 0. The summed E-state index contributed by atoms with van der Waals surface area (Å²) in [6.45, 7) is 28.2. The number of fused-ring (bicyclic) bond motifs is 7. The number of ether oxygens (including phenoxy) is 2. The van der Waals surface area contributed by atoms with Crippen molar-refractivity contribution < 1.29 is 32.6 Å². The number of carbonyl (C=O) groups is 2. The Kier molecular flexibility index (Phi) is 12.9. The minimum Gasteiger partial charge on any atom is -0.462 e. The number of esters is 2. The van der Waals surface area contributed by atoms with Crippen LogP contribution in [-0.4, -0.2) is 96.4 Å². The predicted molar refractivity (Wildman–Crippen MR) is 264 cm³/mol. The van der Waals surface area contributed by atoms with E-state index in [9.17, 15) is 23.1 Å². The maximum Gasteiger partial charge on any atom is 0.309 e. The fraction of sp³-hybridized carbons (Fsp3) is 0.857. The summed E-state index contributed by atoms with van der Waals surface area (Å²) in [6, 6.07) is 9.71. The van der Waals surface area contributed by atoms with Gasteiger partial charge < -0.3 is 19.9 Å². The Balaban J connectivity index is 0.881. The van der Waals surface area contributed by atoms with E-state index in [0.717, 1.165) is 31.4 Å². The molecule has 1 aromatic rings. The van der Waals surface area contributed by atoms with Crippen molar-refractivity contribution in [3.8, 4) is 0 Å². The molecule has 0 amide bonds. The molecule has 2 unspecified atom stereocenters. The van der Waals surface area contributed by atoms with Gasteiger partial charge >= 0.3 is 11.9 Å². The lowest BCUT2D eigenvalue weighted by Crippen LogP contribution is -2.69. The molecule has 8 aliphatic rings. The molecule has 7 saturated carbocycles. The number of rotatable bonds is 13. The summed E-state index contributed by atoms with van der Waals surface area (Å²) in [7, 11) is -3.30. The molecule has 1 aromatic carbocycles. The fourth-order valence-corrected chi connectivity index (χ4v) is 19.0. The van der Waals surface area contributed by atoms with E-state index >= 15 is 0 Å². The van der Waals surface area contributed by atoms with Crippen LogP contribution in [0.5, 0.6) is 0 Å². The molecule has 0 bridgehead atoms. The number of hydrogen-bond donors (Lipinski definition) is 2. The summed E-state index contributed by atoms with van der Waals surface area (Å²) in [5.41, 5.74) is 1.35. The Hall–Kier alpha value is -2.05. The van der Waals surface area contributed by atoms with Crippen LogP contribution in [0.2, 0.25) is 0 Å². The molecule has 8 fully saturated rings. The molecule has 10 nitrogen and oxygen atoms in total. The average molecular weight is 948 g/mol. The predicted octanol–water partition coefficient (Wildman–Crippen LogP) is 9.63. The lowest BCUT2D eigenvalue weighted by atomic mass is 9.32. The molecule has 1 heterocycles. The first-order valence-electron chi connectivity index (χ1n) is 26.9. The van der Waals surface area contributed by atoms with Crippen molar-refractivity contribution >= 4 is 22.0 Å². The first kappa shape index (κ1) is 49.9. The van der Waals surface area contributed by atoms with E-state index in [2.05, 4.69) is 51.8 Å². The maximum atomic E-state index is 14.1. The standard InChI is InChI=1S/C56H89N3O7S/c1-36(2)67(63,64)59-31-29-58(30-32-59)43(37(3)60)34-57-56-24-19-39(52(8)25-26-52)47(56)40-17-18-45-53(9)22-21-46(51(6,7)44(53)20-23-55(45,11)54(40,10)27-28-56)66-49(62)42-33-41(50(42,4)5)48(61)65-35-38-15-13-12-14-16-38/h12-16,36-37,39-47,57,60H,17-35H2,1-11H3/t37-,39?,40-,41+,42-,43?,44+,45-,46+,47-,53+,54-,55-,56+/m1/s1. The number of piperazine rings is 1. The van der Waals surface area contributed by atoms with E-state index in [0.29, 0.717) is 67.6 Å². The Bertz CT molecular complexity index is 2120. The minimum absolute atomic E-state index is 0.0576. The third-order valence-electron chi connectivity index (χ3n) is 22.5. The number of nitrogens with zero attached hydrogens (tertiary/aromatic N) is 2. The van der Waals surface area contributed by atoms with Gasteiger partial charge in [-0.15, -0.1) is 0 Å². The summed E-state index contributed by atoms with van der Waals surface area (Å²) in [6.07, 6.45) is 14.3. The lowest BCUT2D eigenvalue weighted by molar-refractivity contribution is -0.250. The second-order valence-electron chi connectivity index (χ2n) is 26.4. The van der Waals surface area contributed by atoms with Crippen molar-refractivity contribution in [3.63, 3.8) is 0 Å². The molecular weight excluding hydrogens is 859 g/mol. The SMILES string of the molecule is CC(C)S(=O)(=O)N1CCN(C(CN[C@]23CCC(C4(C)CC4)[C@@H]2[C@H]2CC[C@@H]4[C@@]5(C)CC[C@H](OC(=O)[C@H]6C[C@@H](C(=O)OCc7ccccc7)C6(C)C)C(C)(C)[C@@H]5CC[C@@]4(C)[C@]2(C)CC3)[C@@H](C)O)CC1. The first-order valence-corrected chi connectivity index (χ1v) is 28.4. The highest BCUT2D eigenvalue weighted by Crippen LogP contribution is 2.78. The van der Waals surface area contributed by atoms with Gasteiger partial charge in [0.05, 0.1) is 23.2 Å². The normalized spacial score (nSPS) is 41.9. The molecule has 14 atom stereocenters. The van der Waals surface area contributed by atoms with Gasteiger partial charge in [0.2, 0.25) is 10.0 Å². The molecule has 9 rings (SSSR count). The van der Waals surface area contributed by atoms with Crippen LogP contribution in [0.4, 0.5) is 0 Å². The van der Waals surface area contributed by atoms with Crippen molar-refractivity contribution in [2.24, 2.45) is 73.9 Å². The number of nitrogens with one attached hydrogen (secondary N) is 1. The van der Waals surface area contributed by atoms with Crippen LogP contribution in [-0.2, 0) is 35.7 Å². The third-order valence-corrected chi connectivity index (χ3v) is 24.8. The summed E-state index contributed by atoms with van der Waals surface area (Å²) in [5, 5.41) is 15.2. The highest BCUT2D eigenvalue weighted by molar-refractivity contribution is 7.89. The van der Waals surface area contributed by atoms with Gasteiger partial charge in [-0.1, -0.05) is 85.7 Å². The third kappa shape index (κ3) is 8.02. The van der Waals surface area contributed by atoms with Crippen molar-refractivity contribution in [2.45, 2.75) is 195 Å². The molecule has 376 valence electrons. The average Bonchev–Trinajstić information content (AvgIpc) is 3.90.